The lowest BCUT2D eigenvalue weighted by molar-refractivity contribution is -0.119. The largest absolute Gasteiger partial charge is 0.383 e. The van der Waals surface area contributed by atoms with Gasteiger partial charge in [-0.2, -0.15) is 0 Å². The molecule has 1 saturated carbocycles. The van der Waals surface area contributed by atoms with E-state index in [1.807, 2.05) is 48.7 Å². The van der Waals surface area contributed by atoms with Crippen molar-refractivity contribution in [2.24, 2.45) is 10.9 Å². The van der Waals surface area contributed by atoms with E-state index in [1.54, 1.807) is 6.92 Å². The van der Waals surface area contributed by atoms with Crippen LogP contribution in [0.2, 0.25) is 0 Å². The van der Waals surface area contributed by atoms with Crippen molar-refractivity contribution >= 4 is 52.9 Å². The summed E-state index contributed by atoms with van der Waals surface area (Å²) in [6.07, 6.45) is 4.27. The molecule has 0 radical (unpaired) electrons. The first-order chi connectivity index (χ1) is 14.5. The summed E-state index contributed by atoms with van der Waals surface area (Å²) in [7, 11) is 0. The Kier molecular flexibility index (Phi) is 10.2. The molecule has 1 aromatic heterocycles. The first kappa shape index (κ1) is 25.6. The third-order valence-electron chi connectivity index (χ3n) is 5.34. The topological polar surface area (TPSA) is 85.8 Å². The molecule has 3 rings (SSSR count). The van der Waals surface area contributed by atoms with Crippen molar-refractivity contribution in [1.82, 2.24) is 10.6 Å². The molecule has 2 aromatic rings. The fraction of sp³-hybridized carbons (Fsp3) is 0.478. The van der Waals surface area contributed by atoms with Crippen molar-refractivity contribution in [1.29, 1.82) is 0 Å². The Bertz CT molecular complexity index is 849. The standard InChI is InChI=1S/C23H32N4O2S.HI/c1-3-24-22(26-16-23(2,29)20-12-7-13-30-20)25-15-17-8-6-11-19(14-17)27-21(28)18-9-4-5-10-18;/h6-8,11-14,18,29H,3-5,9-10,15-16H2,1-2H3,(H,27,28)(H2,24,25,26);1H. The number of thiophene rings is 1. The van der Waals surface area contributed by atoms with E-state index in [-0.39, 0.29) is 35.8 Å². The SMILES string of the molecule is CCNC(=NCc1cccc(NC(=O)C2CCCC2)c1)NCC(C)(O)c1cccs1.I. The highest BCUT2D eigenvalue weighted by Crippen LogP contribution is 2.26. The maximum absolute atomic E-state index is 12.4. The molecule has 1 atom stereocenters. The summed E-state index contributed by atoms with van der Waals surface area (Å²) in [5.74, 6) is 0.918. The minimum absolute atomic E-state index is 0. The Hall–Kier alpha value is -1.65. The van der Waals surface area contributed by atoms with Crippen LogP contribution in [-0.2, 0) is 16.9 Å². The number of aliphatic hydroxyl groups is 1. The second kappa shape index (κ2) is 12.4. The summed E-state index contributed by atoms with van der Waals surface area (Å²) >= 11 is 1.54. The van der Waals surface area contributed by atoms with Crippen LogP contribution in [0.4, 0.5) is 5.69 Å². The lowest BCUT2D eigenvalue weighted by Gasteiger charge is -2.23. The van der Waals surface area contributed by atoms with E-state index < -0.39 is 5.60 Å². The minimum atomic E-state index is -0.963. The molecular weight excluding hydrogens is 523 g/mol. The number of nitrogens with one attached hydrogen (secondary N) is 3. The van der Waals surface area contributed by atoms with Crippen molar-refractivity contribution in [3.8, 4) is 0 Å². The second-order valence-corrected chi connectivity index (χ2v) is 8.92. The summed E-state index contributed by atoms with van der Waals surface area (Å²) in [5, 5.41) is 22.2. The Morgan fingerprint density at radius 3 is 2.68 bits per heavy atom. The molecule has 1 amide bonds. The number of guanidine groups is 1. The summed E-state index contributed by atoms with van der Waals surface area (Å²) in [5.41, 5.74) is 0.869. The molecule has 1 unspecified atom stereocenters. The number of halogens is 1. The first-order valence-electron chi connectivity index (χ1n) is 10.7. The average Bonchev–Trinajstić information content (AvgIpc) is 3.45. The van der Waals surface area contributed by atoms with Gasteiger partial charge in [0.1, 0.15) is 5.60 Å². The molecule has 0 saturated heterocycles. The molecule has 1 aliphatic rings. The number of nitrogens with zero attached hydrogens (tertiary/aromatic N) is 1. The summed E-state index contributed by atoms with van der Waals surface area (Å²) < 4.78 is 0. The summed E-state index contributed by atoms with van der Waals surface area (Å²) in [6, 6.07) is 11.7. The van der Waals surface area contributed by atoms with Crippen LogP contribution in [0.25, 0.3) is 0 Å². The van der Waals surface area contributed by atoms with E-state index in [0.717, 1.165) is 48.4 Å². The molecule has 4 N–H and O–H groups in total. The van der Waals surface area contributed by atoms with Gasteiger partial charge in [0.25, 0.3) is 0 Å². The molecule has 170 valence electrons. The van der Waals surface area contributed by atoms with Gasteiger partial charge >= 0.3 is 0 Å². The molecule has 1 heterocycles. The van der Waals surface area contributed by atoms with Crippen molar-refractivity contribution < 1.29 is 9.90 Å². The van der Waals surface area contributed by atoms with E-state index in [2.05, 4.69) is 20.9 Å². The Balaban J connectivity index is 0.00000341. The predicted octanol–water partition coefficient (Wildman–Crippen LogP) is 4.46. The van der Waals surface area contributed by atoms with Gasteiger partial charge in [-0.25, -0.2) is 4.99 Å². The molecule has 1 aromatic carbocycles. The number of anilines is 1. The number of benzene rings is 1. The summed E-state index contributed by atoms with van der Waals surface area (Å²) in [6.45, 7) is 5.37. The second-order valence-electron chi connectivity index (χ2n) is 7.97. The van der Waals surface area contributed by atoms with Gasteiger partial charge < -0.3 is 21.1 Å². The van der Waals surface area contributed by atoms with Crippen LogP contribution < -0.4 is 16.0 Å². The number of amides is 1. The molecule has 0 spiro atoms. The quantitative estimate of drug-likeness (QED) is 0.220. The number of carbonyl (C=O) groups excluding carboxylic acids is 1. The van der Waals surface area contributed by atoms with Crippen molar-refractivity contribution in [3.05, 3.63) is 52.2 Å². The van der Waals surface area contributed by atoms with Gasteiger partial charge in [0.15, 0.2) is 5.96 Å². The molecule has 31 heavy (non-hydrogen) atoms. The fourth-order valence-electron chi connectivity index (χ4n) is 3.62. The normalized spacial score (nSPS) is 16.3. The number of aliphatic imine (C=N–C) groups is 1. The zero-order valence-electron chi connectivity index (χ0n) is 18.2. The van der Waals surface area contributed by atoms with Crippen LogP contribution in [0.1, 0.15) is 50.0 Å². The third kappa shape index (κ3) is 7.76. The predicted molar refractivity (Wildman–Crippen MR) is 139 cm³/mol. The van der Waals surface area contributed by atoms with Crippen LogP contribution in [-0.4, -0.2) is 30.1 Å². The number of hydrogen-bond donors (Lipinski definition) is 4. The zero-order chi connectivity index (χ0) is 21.4. The van der Waals surface area contributed by atoms with Gasteiger partial charge in [-0.15, -0.1) is 35.3 Å². The maximum atomic E-state index is 12.4. The molecule has 8 heteroatoms. The van der Waals surface area contributed by atoms with Gasteiger partial charge in [-0.1, -0.05) is 31.0 Å². The smallest absolute Gasteiger partial charge is 0.227 e. The molecule has 0 bridgehead atoms. The number of carbonyl (C=O) groups is 1. The highest BCUT2D eigenvalue weighted by Gasteiger charge is 2.24. The van der Waals surface area contributed by atoms with Gasteiger partial charge in [0, 0.05) is 23.0 Å². The maximum Gasteiger partial charge on any atom is 0.227 e. The van der Waals surface area contributed by atoms with Crippen LogP contribution in [0.5, 0.6) is 0 Å². The molecule has 6 nitrogen and oxygen atoms in total. The minimum Gasteiger partial charge on any atom is -0.383 e. The monoisotopic (exact) mass is 556 g/mol. The fourth-order valence-corrected chi connectivity index (χ4v) is 4.41. The number of rotatable bonds is 8. The lowest BCUT2D eigenvalue weighted by atomic mass is 10.1. The van der Waals surface area contributed by atoms with Crippen molar-refractivity contribution in [2.75, 3.05) is 18.4 Å². The zero-order valence-corrected chi connectivity index (χ0v) is 21.3. The van der Waals surface area contributed by atoms with Crippen LogP contribution >= 0.6 is 35.3 Å². The molecule has 1 aliphatic carbocycles. The average molecular weight is 557 g/mol. The molecular formula is C23H33IN4O2S. The van der Waals surface area contributed by atoms with Gasteiger partial charge in [0.2, 0.25) is 5.91 Å². The van der Waals surface area contributed by atoms with Gasteiger partial charge in [0.05, 0.1) is 13.1 Å². The van der Waals surface area contributed by atoms with Crippen molar-refractivity contribution in [3.63, 3.8) is 0 Å². The van der Waals surface area contributed by atoms with Gasteiger partial charge in [-0.05, 0) is 55.8 Å². The Labute approximate surface area is 206 Å². The Morgan fingerprint density at radius 1 is 1.23 bits per heavy atom. The van der Waals surface area contributed by atoms with E-state index >= 15 is 0 Å². The first-order valence-corrected chi connectivity index (χ1v) is 11.5. The van der Waals surface area contributed by atoms with Crippen molar-refractivity contribution in [2.45, 2.75) is 51.7 Å². The molecule has 1 fully saturated rings. The van der Waals surface area contributed by atoms with E-state index in [1.165, 1.54) is 11.3 Å². The van der Waals surface area contributed by atoms with Crippen LogP contribution in [0.15, 0.2) is 46.8 Å². The Morgan fingerprint density at radius 2 is 2.00 bits per heavy atom. The van der Waals surface area contributed by atoms with E-state index in [4.69, 9.17) is 0 Å². The molecule has 0 aliphatic heterocycles. The highest BCUT2D eigenvalue weighted by molar-refractivity contribution is 14.0. The summed E-state index contributed by atoms with van der Waals surface area (Å²) in [4.78, 5) is 17.9. The van der Waals surface area contributed by atoms with Crippen LogP contribution in [0.3, 0.4) is 0 Å². The third-order valence-corrected chi connectivity index (χ3v) is 6.46. The highest BCUT2D eigenvalue weighted by atomic mass is 127. The van der Waals surface area contributed by atoms with Gasteiger partial charge in [-0.3, -0.25) is 4.79 Å². The number of hydrogen-bond acceptors (Lipinski definition) is 4. The van der Waals surface area contributed by atoms with Crippen LogP contribution in [0, 0.1) is 5.92 Å². The lowest BCUT2D eigenvalue weighted by Crippen LogP contribution is -2.44. The van der Waals surface area contributed by atoms with E-state index in [9.17, 15) is 9.90 Å². The van der Waals surface area contributed by atoms with E-state index in [0.29, 0.717) is 19.0 Å².